The Morgan fingerprint density at radius 1 is 1.11 bits per heavy atom. The molecule has 1 saturated heterocycles. The molecule has 1 aliphatic heterocycles. The van der Waals surface area contributed by atoms with Crippen molar-refractivity contribution in [1.82, 2.24) is 10.3 Å². The second-order valence-electron chi connectivity index (χ2n) is 12.1. The first-order valence-electron chi connectivity index (χ1n) is 15.1. The van der Waals surface area contributed by atoms with Crippen LogP contribution in [0.4, 0.5) is 28.4 Å². The summed E-state index contributed by atoms with van der Waals surface area (Å²) in [6.07, 6.45) is 1.49. The van der Waals surface area contributed by atoms with Gasteiger partial charge in [-0.15, -0.1) is 0 Å². The second kappa shape index (κ2) is 13.5. The van der Waals surface area contributed by atoms with Crippen molar-refractivity contribution in [2.24, 2.45) is 17.8 Å². The number of hydrogen-bond donors (Lipinski definition) is 2. The first-order chi connectivity index (χ1) is 21.5. The molecule has 2 amide bonds. The fourth-order valence-corrected chi connectivity index (χ4v) is 8.46. The molecule has 6 atom stereocenters. The molecule has 2 bridgehead atoms. The van der Waals surface area contributed by atoms with E-state index >= 15 is 0 Å². The lowest BCUT2D eigenvalue weighted by Crippen LogP contribution is -2.43. The van der Waals surface area contributed by atoms with Crippen LogP contribution in [0.15, 0.2) is 30.3 Å². The number of carbonyl (C=O) groups excluding carboxylic acids is 2. The van der Waals surface area contributed by atoms with Crippen LogP contribution in [0.1, 0.15) is 61.9 Å². The Bertz CT molecular complexity index is 1530. The van der Waals surface area contributed by atoms with E-state index in [9.17, 15) is 27.2 Å². The SMILES string of the molecule is COCC1CCC(C)N1c1nc2ccc(OC)c(C(=O)NC3C4CC[C@H](C4)C3C)c2s1.O=CNc1ccc(F)c(C(F)(F)F)c1. The van der Waals surface area contributed by atoms with Crippen LogP contribution in [0, 0.1) is 23.6 Å². The molecule has 3 fully saturated rings. The van der Waals surface area contributed by atoms with Gasteiger partial charge in [-0.1, -0.05) is 18.3 Å². The first-order valence-corrected chi connectivity index (χ1v) is 15.9. The van der Waals surface area contributed by atoms with E-state index in [-0.39, 0.29) is 24.0 Å². The number of ether oxygens (including phenoxy) is 2. The summed E-state index contributed by atoms with van der Waals surface area (Å²) >= 11 is 1.60. The molecule has 5 unspecified atom stereocenters. The number of alkyl halides is 3. The average Bonchev–Trinajstić information content (AvgIpc) is 3.78. The van der Waals surface area contributed by atoms with Crippen molar-refractivity contribution >= 4 is 44.7 Å². The van der Waals surface area contributed by atoms with Gasteiger partial charge >= 0.3 is 6.18 Å². The number of hydrogen-bond acceptors (Lipinski definition) is 7. The molecule has 3 aromatic rings. The summed E-state index contributed by atoms with van der Waals surface area (Å²) in [5, 5.41) is 6.36. The minimum absolute atomic E-state index is 0.0232. The molecule has 0 spiro atoms. The topological polar surface area (TPSA) is 92.8 Å². The first kappa shape index (κ1) is 32.9. The van der Waals surface area contributed by atoms with Crippen LogP contribution < -0.4 is 20.3 Å². The molecule has 2 aliphatic carbocycles. The lowest BCUT2D eigenvalue weighted by molar-refractivity contribution is -0.140. The Hall–Kier alpha value is -3.45. The van der Waals surface area contributed by atoms with Gasteiger partial charge in [-0.05, 0) is 87.1 Å². The molecule has 2 saturated carbocycles. The monoisotopic (exact) mass is 650 g/mol. The van der Waals surface area contributed by atoms with Gasteiger partial charge in [0, 0.05) is 24.9 Å². The van der Waals surface area contributed by atoms with Crippen LogP contribution in [0.3, 0.4) is 0 Å². The number of rotatable bonds is 8. The number of aromatic nitrogens is 1. The van der Waals surface area contributed by atoms with Gasteiger partial charge in [-0.25, -0.2) is 9.37 Å². The molecule has 244 valence electrons. The highest BCUT2D eigenvalue weighted by atomic mass is 32.1. The van der Waals surface area contributed by atoms with E-state index in [4.69, 9.17) is 14.5 Å². The Kier molecular flexibility index (Phi) is 9.88. The van der Waals surface area contributed by atoms with E-state index < -0.39 is 17.6 Å². The zero-order valence-electron chi connectivity index (χ0n) is 25.6. The predicted octanol–water partition coefficient (Wildman–Crippen LogP) is 6.89. The van der Waals surface area contributed by atoms with E-state index in [2.05, 4.69) is 24.1 Å². The number of anilines is 2. The summed E-state index contributed by atoms with van der Waals surface area (Å²) < 4.78 is 61.0. The van der Waals surface area contributed by atoms with Gasteiger partial charge in [-0.2, -0.15) is 13.2 Å². The predicted molar refractivity (Wildman–Crippen MR) is 165 cm³/mol. The maximum absolute atomic E-state index is 13.5. The van der Waals surface area contributed by atoms with Crippen LogP contribution >= 0.6 is 11.3 Å². The molecule has 2 aromatic carbocycles. The van der Waals surface area contributed by atoms with E-state index in [0.29, 0.717) is 54.0 Å². The molecule has 1 aromatic heterocycles. The Morgan fingerprint density at radius 3 is 2.51 bits per heavy atom. The summed E-state index contributed by atoms with van der Waals surface area (Å²) in [5.41, 5.74) is -0.00542. The van der Waals surface area contributed by atoms with Gasteiger partial charge in [0.1, 0.15) is 17.1 Å². The van der Waals surface area contributed by atoms with Crippen molar-refractivity contribution in [2.45, 2.75) is 70.3 Å². The molecule has 13 heteroatoms. The third-order valence-corrected chi connectivity index (χ3v) is 10.5. The molecule has 2 N–H and O–H groups in total. The molecule has 3 aliphatic rings. The number of thiazole rings is 1. The lowest BCUT2D eigenvalue weighted by Gasteiger charge is -2.29. The smallest absolute Gasteiger partial charge is 0.419 e. The minimum atomic E-state index is -4.76. The number of amides is 2. The van der Waals surface area contributed by atoms with Crippen LogP contribution in [0.25, 0.3) is 10.2 Å². The Morgan fingerprint density at radius 2 is 1.87 bits per heavy atom. The van der Waals surface area contributed by atoms with Crippen molar-refractivity contribution in [3.8, 4) is 5.75 Å². The van der Waals surface area contributed by atoms with Gasteiger partial charge < -0.3 is 25.0 Å². The van der Waals surface area contributed by atoms with Crippen molar-refractivity contribution in [2.75, 3.05) is 31.0 Å². The fourth-order valence-electron chi connectivity index (χ4n) is 7.18. The molecular weight excluding hydrogens is 612 g/mol. The molecular formula is C32H38F4N4O4S. The summed E-state index contributed by atoms with van der Waals surface area (Å²) in [4.78, 5) is 30.8. The summed E-state index contributed by atoms with van der Waals surface area (Å²) in [6, 6.07) is 7.08. The highest BCUT2D eigenvalue weighted by Gasteiger charge is 2.46. The fraction of sp³-hybridized carbons (Fsp3) is 0.531. The van der Waals surface area contributed by atoms with Crippen LogP contribution in [0.2, 0.25) is 0 Å². The molecule has 2 heterocycles. The quantitative estimate of drug-likeness (QED) is 0.204. The number of nitrogens with zero attached hydrogens (tertiary/aromatic N) is 2. The number of fused-ring (bicyclic) bond motifs is 3. The Labute approximate surface area is 263 Å². The molecule has 45 heavy (non-hydrogen) atoms. The number of benzene rings is 2. The van der Waals surface area contributed by atoms with Crippen molar-refractivity contribution < 1.29 is 36.6 Å². The van der Waals surface area contributed by atoms with Gasteiger partial charge in [0.25, 0.3) is 5.91 Å². The number of methoxy groups -OCH3 is 2. The van der Waals surface area contributed by atoms with Crippen LogP contribution in [-0.4, -0.2) is 56.3 Å². The van der Waals surface area contributed by atoms with Gasteiger partial charge in [0.2, 0.25) is 6.41 Å². The summed E-state index contributed by atoms with van der Waals surface area (Å²) in [7, 11) is 3.39. The lowest BCUT2D eigenvalue weighted by atomic mass is 9.86. The number of halogens is 4. The second-order valence-corrected chi connectivity index (χ2v) is 13.1. The van der Waals surface area contributed by atoms with E-state index in [1.807, 2.05) is 17.4 Å². The minimum Gasteiger partial charge on any atom is -0.496 e. The number of nitrogens with one attached hydrogen (secondary N) is 2. The zero-order valence-corrected chi connectivity index (χ0v) is 26.4. The summed E-state index contributed by atoms with van der Waals surface area (Å²) in [5.74, 6) is 1.16. The van der Waals surface area contributed by atoms with Crippen molar-refractivity contribution in [3.05, 3.63) is 47.3 Å². The van der Waals surface area contributed by atoms with Crippen LogP contribution in [0.5, 0.6) is 5.75 Å². The Balaban J connectivity index is 0.000000241. The highest BCUT2D eigenvalue weighted by Crippen LogP contribution is 2.48. The highest BCUT2D eigenvalue weighted by molar-refractivity contribution is 7.22. The third kappa shape index (κ3) is 6.74. The summed E-state index contributed by atoms with van der Waals surface area (Å²) in [6.45, 7) is 5.23. The molecule has 6 rings (SSSR count). The van der Waals surface area contributed by atoms with Crippen molar-refractivity contribution in [1.29, 1.82) is 0 Å². The van der Waals surface area contributed by atoms with Gasteiger partial charge in [0.05, 0.1) is 35.5 Å². The maximum Gasteiger partial charge on any atom is 0.419 e. The van der Waals surface area contributed by atoms with E-state index in [1.54, 1.807) is 25.6 Å². The van der Waals surface area contributed by atoms with Crippen molar-refractivity contribution in [3.63, 3.8) is 0 Å². The normalized spacial score (nSPS) is 25.6. The third-order valence-electron chi connectivity index (χ3n) is 9.45. The zero-order chi connectivity index (χ0) is 32.5. The van der Waals surface area contributed by atoms with E-state index in [1.165, 1.54) is 19.3 Å². The van der Waals surface area contributed by atoms with E-state index in [0.717, 1.165) is 40.2 Å². The standard InChI is InChI=1S/C24H33N3O3S.C8H5F4NO/c1-13-5-8-17(12-29-3)27(13)24-25-18-9-10-19(30-4)20(22(18)31-24)23(28)26-21-14(2)15-6-7-16(21)11-15;9-7-2-1-5(13-4-14)3-6(7)8(10,11)12/h9-10,13-17,21H,5-8,11-12H2,1-4H3,(H,26,28);1-4H,(H,13,14)/t13?,14?,15-,16?,17?,21?;/m1./s1. The molecule has 8 nitrogen and oxygen atoms in total. The van der Waals surface area contributed by atoms with Crippen LogP contribution in [-0.2, 0) is 15.7 Å². The largest absolute Gasteiger partial charge is 0.496 e. The number of carbonyl (C=O) groups is 2. The average molecular weight is 651 g/mol. The maximum atomic E-state index is 13.5. The van der Waals surface area contributed by atoms with Gasteiger partial charge in [-0.3, -0.25) is 9.59 Å². The van der Waals surface area contributed by atoms with Gasteiger partial charge in [0.15, 0.2) is 5.13 Å². The molecule has 0 radical (unpaired) electrons.